The van der Waals surface area contributed by atoms with Crippen molar-refractivity contribution >= 4 is 17.4 Å². The Hall–Kier alpha value is -0.630. The van der Waals surface area contributed by atoms with E-state index in [0.717, 1.165) is 11.4 Å². The van der Waals surface area contributed by atoms with Crippen molar-refractivity contribution in [1.82, 2.24) is 0 Å². The summed E-state index contributed by atoms with van der Waals surface area (Å²) in [6, 6.07) is 7.95. The van der Waals surface area contributed by atoms with Gasteiger partial charge in [-0.2, -0.15) is 0 Å². The summed E-state index contributed by atoms with van der Waals surface area (Å²) >= 11 is 1.83. The predicted molar refractivity (Wildman–Crippen MR) is 58.6 cm³/mol. The Bertz CT molecular complexity index is 193. The van der Waals surface area contributed by atoms with Gasteiger partial charge in [-0.1, -0.05) is 20.8 Å². The van der Waals surface area contributed by atoms with E-state index >= 15 is 0 Å². The molecule has 0 unspecified atom stereocenters. The molecule has 0 spiro atoms. The number of nitrogen functional groups attached to an aromatic ring is 1. The molecule has 0 saturated heterocycles. The summed E-state index contributed by atoms with van der Waals surface area (Å²) in [6.07, 6.45) is 0. The van der Waals surface area contributed by atoms with E-state index in [-0.39, 0.29) is 0 Å². The number of hydrogen-bond donors (Lipinski definition) is 1. The minimum atomic E-state index is 0.834. The van der Waals surface area contributed by atoms with Crippen molar-refractivity contribution in [1.29, 1.82) is 0 Å². The van der Waals surface area contributed by atoms with E-state index in [0.29, 0.717) is 0 Å². The molecule has 1 aromatic rings. The number of nitrogens with two attached hydrogens (primary N) is 1. The fourth-order valence-electron chi connectivity index (χ4n) is 0.731. The first kappa shape index (κ1) is 11.4. The highest BCUT2D eigenvalue weighted by Crippen LogP contribution is 2.17. The lowest BCUT2D eigenvalue weighted by molar-refractivity contribution is 1.43. The summed E-state index contributed by atoms with van der Waals surface area (Å²) in [5, 5.41) is 0. The second-order valence-corrected chi connectivity index (χ2v) is 3.34. The zero-order valence-electron chi connectivity index (χ0n) is 8.00. The van der Waals surface area contributed by atoms with Crippen LogP contribution in [-0.2, 0) is 0 Å². The number of hydrogen-bond acceptors (Lipinski definition) is 2. The average Bonchev–Trinajstić information content (AvgIpc) is 2.13. The molecule has 0 atom stereocenters. The van der Waals surface area contributed by atoms with E-state index in [4.69, 9.17) is 5.73 Å². The monoisotopic (exact) mass is 183 g/mol. The highest BCUT2D eigenvalue weighted by atomic mass is 32.2. The van der Waals surface area contributed by atoms with Crippen LogP contribution in [0.15, 0.2) is 29.2 Å². The Morgan fingerprint density at radius 3 is 2.08 bits per heavy atom. The van der Waals surface area contributed by atoms with E-state index in [1.54, 1.807) is 0 Å². The van der Waals surface area contributed by atoms with Gasteiger partial charge in [0.15, 0.2) is 0 Å². The second-order valence-electron chi connectivity index (χ2n) is 2.00. The normalized spacial score (nSPS) is 8.58. The molecule has 2 N–H and O–H groups in total. The van der Waals surface area contributed by atoms with Gasteiger partial charge in [0.25, 0.3) is 0 Å². The first-order valence-corrected chi connectivity index (χ1v) is 5.30. The maximum atomic E-state index is 5.51. The molecule has 1 nitrogen and oxygen atoms in total. The first-order valence-electron chi connectivity index (χ1n) is 4.31. The number of anilines is 1. The fraction of sp³-hybridized carbons (Fsp3) is 0.400. The van der Waals surface area contributed by atoms with E-state index in [1.165, 1.54) is 4.90 Å². The fourth-order valence-corrected chi connectivity index (χ4v) is 1.39. The zero-order chi connectivity index (χ0) is 9.40. The first-order chi connectivity index (χ1) is 5.83. The van der Waals surface area contributed by atoms with Gasteiger partial charge in [-0.25, -0.2) is 0 Å². The van der Waals surface area contributed by atoms with Gasteiger partial charge in [0.2, 0.25) is 0 Å². The van der Waals surface area contributed by atoms with Crippen LogP contribution in [0.3, 0.4) is 0 Å². The van der Waals surface area contributed by atoms with Gasteiger partial charge in [0.1, 0.15) is 0 Å². The van der Waals surface area contributed by atoms with Crippen molar-refractivity contribution in [2.24, 2.45) is 0 Å². The topological polar surface area (TPSA) is 26.0 Å². The number of benzene rings is 1. The van der Waals surface area contributed by atoms with Crippen molar-refractivity contribution < 1.29 is 0 Å². The minimum absolute atomic E-state index is 0.834. The molecule has 0 aromatic heterocycles. The van der Waals surface area contributed by atoms with Crippen LogP contribution >= 0.6 is 11.8 Å². The number of thioether (sulfide) groups is 1. The van der Waals surface area contributed by atoms with E-state index in [2.05, 4.69) is 6.92 Å². The lowest BCUT2D eigenvalue weighted by Crippen LogP contribution is -1.82. The Kier molecular flexibility index (Phi) is 6.67. The summed E-state index contributed by atoms with van der Waals surface area (Å²) in [7, 11) is 0. The molecule has 0 aliphatic rings. The van der Waals surface area contributed by atoms with Crippen LogP contribution in [0.25, 0.3) is 0 Å². The molecule has 0 amide bonds. The van der Waals surface area contributed by atoms with E-state index < -0.39 is 0 Å². The minimum Gasteiger partial charge on any atom is -0.399 e. The average molecular weight is 183 g/mol. The van der Waals surface area contributed by atoms with Gasteiger partial charge >= 0.3 is 0 Å². The van der Waals surface area contributed by atoms with Gasteiger partial charge in [-0.3, -0.25) is 0 Å². The van der Waals surface area contributed by atoms with Crippen molar-refractivity contribution in [2.75, 3.05) is 11.5 Å². The van der Waals surface area contributed by atoms with Crippen LogP contribution < -0.4 is 5.73 Å². The lowest BCUT2D eigenvalue weighted by atomic mass is 10.3. The SMILES string of the molecule is CC.CCSc1ccc(N)cc1. The van der Waals surface area contributed by atoms with Gasteiger partial charge in [0.05, 0.1) is 0 Å². The van der Waals surface area contributed by atoms with Crippen LogP contribution in [0.2, 0.25) is 0 Å². The predicted octanol–water partition coefficient (Wildman–Crippen LogP) is 3.41. The van der Waals surface area contributed by atoms with Gasteiger partial charge < -0.3 is 5.73 Å². The molecule has 1 rings (SSSR count). The Morgan fingerprint density at radius 1 is 1.17 bits per heavy atom. The van der Waals surface area contributed by atoms with Crippen LogP contribution in [0.4, 0.5) is 5.69 Å². The van der Waals surface area contributed by atoms with Crippen molar-refractivity contribution in [2.45, 2.75) is 25.7 Å². The molecule has 0 aliphatic heterocycles. The van der Waals surface area contributed by atoms with Crippen LogP contribution in [0.1, 0.15) is 20.8 Å². The zero-order valence-corrected chi connectivity index (χ0v) is 8.82. The molecule has 0 bridgehead atoms. The molecule has 2 heteroatoms. The van der Waals surface area contributed by atoms with Crippen molar-refractivity contribution in [3.05, 3.63) is 24.3 Å². The molecule has 0 heterocycles. The summed E-state index contributed by atoms with van der Waals surface area (Å²) in [5.41, 5.74) is 6.35. The van der Waals surface area contributed by atoms with Crippen LogP contribution in [-0.4, -0.2) is 5.75 Å². The summed E-state index contributed by atoms with van der Waals surface area (Å²) < 4.78 is 0. The standard InChI is InChI=1S/C8H11NS.C2H6/c1-2-10-8-5-3-7(9)4-6-8;1-2/h3-6H,2,9H2,1H3;1-2H3. The third kappa shape index (κ3) is 4.29. The molecule has 0 radical (unpaired) electrons. The van der Waals surface area contributed by atoms with Gasteiger partial charge in [-0.15, -0.1) is 11.8 Å². The lowest BCUT2D eigenvalue weighted by Gasteiger charge is -1.96. The maximum Gasteiger partial charge on any atom is 0.0314 e. The second kappa shape index (κ2) is 7.04. The molecular weight excluding hydrogens is 166 g/mol. The quantitative estimate of drug-likeness (QED) is 0.561. The van der Waals surface area contributed by atoms with Crippen LogP contribution in [0.5, 0.6) is 0 Å². The summed E-state index contributed by atoms with van der Waals surface area (Å²) in [4.78, 5) is 1.29. The van der Waals surface area contributed by atoms with Crippen LogP contribution in [0, 0.1) is 0 Å². The van der Waals surface area contributed by atoms with Gasteiger partial charge in [0, 0.05) is 10.6 Å². The van der Waals surface area contributed by atoms with E-state index in [1.807, 2.05) is 49.9 Å². The summed E-state index contributed by atoms with van der Waals surface area (Å²) in [5.74, 6) is 1.11. The third-order valence-electron chi connectivity index (χ3n) is 1.19. The van der Waals surface area contributed by atoms with E-state index in [9.17, 15) is 0 Å². The Morgan fingerprint density at radius 2 is 1.67 bits per heavy atom. The smallest absolute Gasteiger partial charge is 0.0314 e. The highest BCUT2D eigenvalue weighted by Gasteiger charge is 1.88. The Labute approximate surface area is 79.4 Å². The molecule has 12 heavy (non-hydrogen) atoms. The summed E-state index contributed by atoms with van der Waals surface area (Å²) in [6.45, 7) is 6.14. The maximum absolute atomic E-state index is 5.51. The molecule has 0 saturated carbocycles. The third-order valence-corrected chi connectivity index (χ3v) is 2.09. The van der Waals surface area contributed by atoms with Crippen molar-refractivity contribution in [3.63, 3.8) is 0 Å². The largest absolute Gasteiger partial charge is 0.399 e. The molecule has 68 valence electrons. The number of rotatable bonds is 2. The molecule has 1 aromatic carbocycles. The molecule has 0 fully saturated rings. The van der Waals surface area contributed by atoms with Gasteiger partial charge in [-0.05, 0) is 30.0 Å². The molecular formula is C10H17NS. The van der Waals surface area contributed by atoms with Crippen molar-refractivity contribution in [3.8, 4) is 0 Å². The Balaban J connectivity index is 0.000000561. The highest BCUT2D eigenvalue weighted by molar-refractivity contribution is 7.99. The molecule has 0 aliphatic carbocycles.